The van der Waals surface area contributed by atoms with Crippen molar-refractivity contribution in [2.75, 3.05) is 33.3 Å². The zero-order chi connectivity index (χ0) is 25.1. The second-order valence-electron chi connectivity index (χ2n) is 8.64. The molecular weight excluding hydrogens is 462 g/mol. The number of aliphatic hydroxyl groups is 1. The zero-order valence-corrected chi connectivity index (χ0v) is 19.3. The van der Waals surface area contributed by atoms with E-state index >= 15 is 0 Å². The van der Waals surface area contributed by atoms with E-state index < -0.39 is 17.6 Å². The first-order chi connectivity index (χ1) is 16.7. The van der Waals surface area contributed by atoms with Gasteiger partial charge in [0.15, 0.2) is 0 Å². The molecule has 0 saturated carbocycles. The van der Waals surface area contributed by atoms with Crippen LogP contribution in [0, 0.1) is 0 Å². The van der Waals surface area contributed by atoms with Gasteiger partial charge in [0.05, 0.1) is 12.7 Å². The van der Waals surface area contributed by atoms with Gasteiger partial charge >= 0.3 is 12.0 Å². The number of nitrogens with zero attached hydrogens (tertiary/aromatic N) is 3. The molecule has 0 amide bonds. The summed E-state index contributed by atoms with van der Waals surface area (Å²) in [6.45, 7) is 5.58. The second kappa shape index (κ2) is 10.3. The summed E-state index contributed by atoms with van der Waals surface area (Å²) in [5.74, 6) is -4.87. The van der Waals surface area contributed by atoms with Crippen molar-refractivity contribution >= 4 is 0 Å². The number of piperazine rings is 1. The number of ether oxygens (including phenoxy) is 1. The number of benzene rings is 2. The SMILES string of the molecule is COc1cc(-c2ccc(CN3CCN(Cc4ccncc4)CC3)cc2)ccc1C(O)(F)C(F)(F)F. The molecule has 0 radical (unpaired) electrons. The van der Waals surface area contributed by atoms with Gasteiger partial charge in [-0.2, -0.15) is 17.6 Å². The highest BCUT2D eigenvalue weighted by atomic mass is 19.4. The fraction of sp³-hybridized carbons (Fsp3) is 0.346. The van der Waals surface area contributed by atoms with Crippen molar-refractivity contribution < 1.29 is 27.4 Å². The molecule has 186 valence electrons. The van der Waals surface area contributed by atoms with E-state index in [1.807, 2.05) is 48.8 Å². The van der Waals surface area contributed by atoms with Crippen LogP contribution < -0.4 is 4.74 Å². The quantitative estimate of drug-likeness (QED) is 0.486. The number of rotatable bonds is 7. The Morgan fingerprint density at radius 2 is 1.31 bits per heavy atom. The molecule has 3 aromatic rings. The summed E-state index contributed by atoms with van der Waals surface area (Å²) in [5.41, 5.74) is 2.70. The maximum absolute atomic E-state index is 14.1. The Kier molecular flexibility index (Phi) is 7.39. The fourth-order valence-electron chi connectivity index (χ4n) is 4.21. The van der Waals surface area contributed by atoms with Crippen molar-refractivity contribution in [2.45, 2.75) is 25.1 Å². The van der Waals surface area contributed by atoms with Crippen LogP contribution in [0.2, 0.25) is 0 Å². The molecule has 5 nitrogen and oxygen atoms in total. The fourth-order valence-corrected chi connectivity index (χ4v) is 4.21. The summed E-state index contributed by atoms with van der Waals surface area (Å²) in [6, 6.07) is 15.3. The van der Waals surface area contributed by atoms with E-state index in [-0.39, 0.29) is 5.75 Å². The molecule has 1 unspecified atom stereocenters. The molecule has 2 heterocycles. The number of aromatic nitrogens is 1. The first-order valence-corrected chi connectivity index (χ1v) is 11.3. The van der Waals surface area contributed by atoms with Gasteiger partial charge in [-0.15, -0.1) is 0 Å². The van der Waals surface area contributed by atoms with Crippen molar-refractivity contribution in [3.05, 3.63) is 83.7 Å². The van der Waals surface area contributed by atoms with Crippen molar-refractivity contribution in [3.8, 4) is 16.9 Å². The first kappa shape index (κ1) is 25.1. The summed E-state index contributed by atoms with van der Waals surface area (Å²) in [6.07, 6.45) is -1.86. The molecule has 0 bridgehead atoms. The van der Waals surface area contributed by atoms with E-state index in [1.165, 1.54) is 17.7 Å². The maximum Gasteiger partial charge on any atom is 0.453 e. The molecule has 9 heteroatoms. The predicted octanol–water partition coefficient (Wildman–Crippen LogP) is 4.75. The lowest BCUT2D eigenvalue weighted by molar-refractivity contribution is -0.323. The Hall–Kier alpha value is -3.01. The van der Waals surface area contributed by atoms with E-state index in [1.54, 1.807) is 0 Å². The smallest absolute Gasteiger partial charge is 0.453 e. The zero-order valence-electron chi connectivity index (χ0n) is 19.3. The third kappa shape index (κ3) is 5.80. The third-order valence-corrected chi connectivity index (χ3v) is 6.25. The summed E-state index contributed by atoms with van der Waals surface area (Å²) in [4.78, 5) is 8.86. The highest BCUT2D eigenvalue weighted by Crippen LogP contribution is 2.44. The van der Waals surface area contributed by atoms with Crippen LogP contribution in [-0.4, -0.2) is 59.4 Å². The van der Waals surface area contributed by atoms with E-state index in [2.05, 4.69) is 14.8 Å². The molecule has 35 heavy (non-hydrogen) atoms. The van der Waals surface area contributed by atoms with Crippen LogP contribution in [0.5, 0.6) is 5.75 Å². The largest absolute Gasteiger partial charge is 0.496 e. The lowest BCUT2D eigenvalue weighted by atomic mass is 9.98. The maximum atomic E-state index is 14.1. The molecule has 1 aromatic heterocycles. The molecule has 0 aliphatic carbocycles. The van der Waals surface area contributed by atoms with Gasteiger partial charge in [0.1, 0.15) is 5.75 Å². The van der Waals surface area contributed by atoms with E-state index in [0.29, 0.717) is 5.56 Å². The van der Waals surface area contributed by atoms with Crippen LogP contribution in [0.15, 0.2) is 67.0 Å². The number of halogens is 4. The highest BCUT2D eigenvalue weighted by molar-refractivity contribution is 5.66. The average Bonchev–Trinajstić information content (AvgIpc) is 2.85. The van der Waals surface area contributed by atoms with E-state index in [0.717, 1.165) is 63.6 Å². The second-order valence-corrected chi connectivity index (χ2v) is 8.64. The number of methoxy groups -OCH3 is 1. The molecule has 4 rings (SSSR count). The topological polar surface area (TPSA) is 48.8 Å². The Labute approximate surface area is 201 Å². The number of hydrogen-bond donors (Lipinski definition) is 1. The number of alkyl halides is 4. The third-order valence-electron chi connectivity index (χ3n) is 6.25. The molecule has 1 saturated heterocycles. The van der Waals surface area contributed by atoms with Gasteiger partial charge in [-0.25, -0.2) is 0 Å². The number of hydrogen-bond acceptors (Lipinski definition) is 5. The molecule has 1 atom stereocenters. The van der Waals surface area contributed by atoms with E-state index in [4.69, 9.17) is 4.74 Å². The van der Waals surface area contributed by atoms with E-state index in [9.17, 15) is 22.7 Å². The van der Waals surface area contributed by atoms with Crippen LogP contribution in [-0.2, 0) is 18.9 Å². The van der Waals surface area contributed by atoms with Gasteiger partial charge in [0, 0.05) is 51.7 Å². The summed E-state index contributed by atoms with van der Waals surface area (Å²) < 4.78 is 57.8. The Bertz CT molecular complexity index is 1110. The molecule has 1 aliphatic heterocycles. The van der Waals surface area contributed by atoms with Crippen molar-refractivity contribution in [1.29, 1.82) is 0 Å². The minimum absolute atomic E-state index is 0.376. The minimum atomic E-state index is -5.48. The highest BCUT2D eigenvalue weighted by Gasteiger charge is 2.57. The molecule has 1 N–H and O–H groups in total. The van der Waals surface area contributed by atoms with Gasteiger partial charge in [0.25, 0.3) is 0 Å². The predicted molar refractivity (Wildman–Crippen MR) is 124 cm³/mol. The summed E-state index contributed by atoms with van der Waals surface area (Å²) in [7, 11) is 1.13. The lowest BCUT2D eigenvalue weighted by Gasteiger charge is -2.34. The van der Waals surface area contributed by atoms with Crippen molar-refractivity contribution in [2.24, 2.45) is 0 Å². The van der Waals surface area contributed by atoms with Crippen molar-refractivity contribution in [3.63, 3.8) is 0 Å². The van der Waals surface area contributed by atoms with Gasteiger partial charge in [-0.1, -0.05) is 30.3 Å². The normalized spacial score (nSPS) is 17.2. The molecule has 2 aromatic carbocycles. The molecular formula is C26H27F4N3O2. The van der Waals surface area contributed by atoms with Gasteiger partial charge in [0.2, 0.25) is 0 Å². The van der Waals surface area contributed by atoms with Crippen LogP contribution in [0.25, 0.3) is 11.1 Å². The summed E-state index contributed by atoms with van der Waals surface area (Å²) >= 11 is 0. The van der Waals surface area contributed by atoms with Crippen LogP contribution in [0.3, 0.4) is 0 Å². The van der Waals surface area contributed by atoms with Gasteiger partial charge in [-0.3, -0.25) is 14.8 Å². The molecule has 0 spiro atoms. The Balaban J connectivity index is 1.38. The monoisotopic (exact) mass is 489 g/mol. The average molecular weight is 490 g/mol. The lowest BCUT2D eigenvalue weighted by Crippen LogP contribution is -2.45. The summed E-state index contributed by atoms with van der Waals surface area (Å²) in [5, 5.41) is 9.40. The van der Waals surface area contributed by atoms with Crippen LogP contribution in [0.1, 0.15) is 16.7 Å². The first-order valence-electron chi connectivity index (χ1n) is 11.3. The minimum Gasteiger partial charge on any atom is -0.496 e. The Morgan fingerprint density at radius 3 is 1.83 bits per heavy atom. The van der Waals surface area contributed by atoms with Crippen LogP contribution in [0.4, 0.5) is 17.6 Å². The molecule has 1 fully saturated rings. The van der Waals surface area contributed by atoms with Crippen LogP contribution >= 0.6 is 0 Å². The Morgan fingerprint density at radius 1 is 0.800 bits per heavy atom. The van der Waals surface area contributed by atoms with Gasteiger partial charge < -0.3 is 9.84 Å². The standard InChI is InChI=1S/C26H27F4N3O2/c1-35-24-16-22(6-7-23(24)25(27,34)26(28,29)30)21-4-2-19(3-5-21)17-32-12-14-33(15-13-32)18-20-8-10-31-11-9-20/h2-11,16,34H,12-15,17-18H2,1H3. The van der Waals surface area contributed by atoms with Crippen molar-refractivity contribution in [1.82, 2.24) is 14.8 Å². The number of pyridine rings is 1. The van der Waals surface area contributed by atoms with Gasteiger partial charge in [-0.05, 0) is 46.5 Å². The molecule has 1 aliphatic rings.